The van der Waals surface area contributed by atoms with Crippen molar-refractivity contribution in [3.63, 3.8) is 0 Å². The Morgan fingerprint density at radius 1 is 0.632 bits per heavy atom. The topological polar surface area (TPSA) is 0 Å². The van der Waals surface area contributed by atoms with E-state index in [0.29, 0.717) is 0 Å². The minimum atomic E-state index is 0. The number of benzene rings is 4. The molecule has 0 atom stereocenters. The Balaban J connectivity index is 0.00000168. The summed E-state index contributed by atoms with van der Waals surface area (Å²) in [6, 6.07) is 35.5. The van der Waals surface area contributed by atoms with Crippen molar-refractivity contribution in [2.24, 2.45) is 5.41 Å². The van der Waals surface area contributed by atoms with Crippen LogP contribution in [0.15, 0.2) is 115 Å². The van der Waals surface area contributed by atoms with Gasteiger partial charge in [0.15, 0.2) is 0 Å². The van der Waals surface area contributed by atoms with Gasteiger partial charge in [0.2, 0.25) is 0 Å². The van der Waals surface area contributed by atoms with E-state index in [9.17, 15) is 0 Å². The van der Waals surface area contributed by atoms with Crippen molar-refractivity contribution in [2.75, 3.05) is 0 Å². The molecule has 4 aromatic rings. The molecule has 38 heavy (non-hydrogen) atoms. The van der Waals surface area contributed by atoms with E-state index >= 15 is 0 Å². The zero-order chi connectivity index (χ0) is 24.9. The number of hydrogen-bond acceptors (Lipinski definition) is 0. The second-order valence-electron chi connectivity index (χ2n) is 10.7. The Labute approximate surface area is 252 Å². The monoisotopic (exact) mass is 609 g/mol. The van der Waals surface area contributed by atoms with Crippen LogP contribution < -0.4 is 35.3 Å². The second-order valence-corrected chi connectivity index (χ2v) is 12.0. The predicted molar refractivity (Wildman–Crippen MR) is 147 cm³/mol. The molecule has 0 nitrogen and oxygen atoms in total. The molecule has 0 saturated carbocycles. The fourth-order valence-electron chi connectivity index (χ4n) is 5.61. The van der Waals surface area contributed by atoms with Crippen molar-refractivity contribution in [3.05, 3.63) is 158 Å². The van der Waals surface area contributed by atoms with E-state index < -0.39 is 0 Å². The molecule has 2 aliphatic rings. The Bertz CT molecular complexity index is 1730. The molecule has 0 unspecified atom stereocenters. The van der Waals surface area contributed by atoms with Crippen LogP contribution in [0.1, 0.15) is 49.4 Å². The van der Waals surface area contributed by atoms with Crippen molar-refractivity contribution in [3.8, 4) is 0 Å². The summed E-state index contributed by atoms with van der Waals surface area (Å²) in [4.78, 5) is 0. The summed E-state index contributed by atoms with van der Waals surface area (Å²) >= 11 is 1.46. The maximum Gasteiger partial charge on any atom is -1.00 e. The average Bonchev–Trinajstić information content (AvgIpc) is 3.50. The van der Waals surface area contributed by atoms with Crippen molar-refractivity contribution < 1.29 is 49.5 Å². The Hall–Kier alpha value is -2.44. The van der Waals surface area contributed by atoms with E-state index in [1.807, 2.05) is 0 Å². The zero-order valence-corrected chi connectivity index (χ0v) is 25.8. The first-order chi connectivity index (χ1) is 17.4. The van der Waals surface area contributed by atoms with Gasteiger partial charge in [0, 0.05) is 0 Å². The van der Waals surface area contributed by atoms with Gasteiger partial charge in [-0.2, -0.15) is 0 Å². The van der Waals surface area contributed by atoms with Crippen LogP contribution in [0.25, 0.3) is 14.4 Å². The summed E-state index contributed by atoms with van der Waals surface area (Å²) in [5, 5.41) is 5.47. The van der Waals surface area contributed by atoms with Crippen LogP contribution in [0.4, 0.5) is 0 Å². The van der Waals surface area contributed by atoms with Crippen LogP contribution in [-0.4, -0.2) is 0 Å². The zero-order valence-electron chi connectivity index (χ0n) is 21.9. The van der Waals surface area contributed by atoms with Gasteiger partial charge in [0.25, 0.3) is 0 Å². The molecule has 0 fully saturated rings. The smallest absolute Gasteiger partial charge is 1.00 e. The molecule has 0 aliphatic heterocycles. The molecule has 0 heterocycles. The summed E-state index contributed by atoms with van der Waals surface area (Å²) < 4.78 is 1.47. The largest absolute Gasteiger partial charge is 1.00 e. The summed E-state index contributed by atoms with van der Waals surface area (Å²) in [6.07, 6.45) is 5.89. The van der Waals surface area contributed by atoms with Crippen molar-refractivity contribution in [1.82, 2.24) is 0 Å². The number of rotatable bonds is 3. The molecule has 4 aromatic carbocycles. The number of hydrogen-bond donors (Lipinski definition) is 0. The van der Waals surface area contributed by atoms with Gasteiger partial charge >= 0.3 is 230 Å². The van der Waals surface area contributed by atoms with E-state index in [1.165, 1.54) is 87.8 Å². The second kappa shape index (κ2) is 11.4. The first kappa shape index (κ1) is 28.6. The molecule has 0 aromatic heterocycles. The van der Waals surface area contributed by atoms with Crippen molar-refractivity contribution in [2.45, 2.75) is 27.2 Å². The maximum absolute atomic E-state index is 2.47. The summed E-state index contributed by atoms with van der Waals surface area (Å²) in [6.45, 7) is 6.95. The van der Waals surface area contributed by atoms with Crippen LogP contribution >= 0.6 is 0 Å². The van der Waals surface area contributed by atoms with Crippen LogP contribution in [0.5, 0.6) is 0 Å². The molecular weight excluding hydrogens is 583 g/mol. The summed E-state index contributed by atoms with van der Waals surface area (Å²) in [5.41, 5.74) is 9.67. The molecule has 0 bridgehead atoms. The van der Waals surface area contributed by atoms with Gasteiger partial charge in [-0.15, -0.1) is 0 Å². The molecule has 3 heteroatoms. The fraction of sp³-hybridized carbons (Fsp3) is 0.143. The minimum absolute atomic E-state index is 0. The Morgan fingerprint density at radius 3 is 1.74 bits per heavy atom. The number of fused-ring (bicyclic) bond motifs is 2. The third kappa shape index (κ3) is 4.98. The Kier molecular flexibility index (Phi) is 8.53. The maximum atomic E-state index is 2.47. The number of halogens is 2. The molecule has 0 amide bonds. The Morgan fingerprint density at radius 2 is 1.18 bits per heavy atom. The summed E-state index contributed by atoms with van der Waals surface area (Å²) in [7, 11) is 0. The first-order valence-corrected chi connectivity index (χ1v) is 13.9. The van der Waals surface area contributed by atoms with E-state index in [0.717, 1.165) is 6.42 Å². The van der Waals surface area contributed by atoms with Gasteiger partial charge in [-0.3, -0.25) is 0 Å². The van der Waals surface area contributed by atoms with Gasteiger partial charge in [0.1, 0.15) is 0 Å². The van der Waals surface area contributed by atoms with Crippen LogP contribution in [0.3, 0.4) is 0 Å². The molecule has 0 spiro atoms. The SMILES string of the molecule is CC(C)(C)C1=CCC(c2c3c(ccc2=C(c2ccccc2)c2ccccc2)=c2ccccc2=[C]3[Zr+2])=C1.[Cl-].[Cl-]. The van der Waals surface area contributed by atoms with Gasteiger partial charge in [-0.1, -0.05) is 0 Å². The first-order valence-electron chi connectivity index (χ1n) is 12.7. The molecule has 6 rings (SSSR count). The molecule has 0 radical (unpaired) electrons. The third-order valence-corrected chi connectivity index (χ3v) is 8.67. The van der Waals surface area contributed by atoms with Crippen LogP contribution in [0.2, 0.25) is 0 Å². The van der Waals surface area contributed by atoms with Crippen LogP contribution in [-0.2, 0) is 24.7 Å². The van der Waals surface area contributed by atoms with Gasteiger partial charge < -0.3 is 24.8 Å². The normalized spacial score (nSPS) is 13.6. The van der Waals surface area contributed by atoms with Gasteiger partial charge in [-0.25, -0.2) is 0 Å². The predicted octanol–water partition coefficient (Wildman–Crippen LogP) is 1.01. The molecule has 2 aliphatic carbocycles. The van der Waals surface area contributed by atoms with Gasteiger partial charge in [-0.05, 0) is 0 Å². The third-order valence-electron chi connectivity index (χ3n) is 7.39. The van der Waals surface area contributed by atoms with E-state index in [1.54, 1.807) is 0 Å². The molecule has 187 valence electrons. The minimum Gasteiger partial charge on any atom is -1.00 e. The average molecular weight is 612 g/mol. The molecule has 0 saturated heterocycles. The quantitative estimate of drug-likeness (QED) is 0.325. The van der Waals surface area contributed by atoms with E-state index in [2.05, 4.69) is 130 Å². The fourth-order valence-corrected chi connectivity index (χ4v) is 6.78. The van der Waals surface area contributed by atoms with E-state index in [4.69, 9.17) is 0 Å². The van der Waals surface area contributed by atoms with Crippen molar-refractivity contribution in [1.29, 1.82) is 0 Å². The van der Waals surface area contributed by atoms with Crippen molar-refractivity contribution >= 4 is 14.4 Å². The summed E-state index contributed by atoms with van der Waals surface area (Å²) in [5.74, 6) is 0. The van der Waals surface area contributed by atoms with Gasteiger partial charge in [0.05, 0.1) is 0 Å². The standard InChI is InChI=1S/C35H29.2ClH.Zr/c1-35(2,3)28-19-18-27(22-28)34-31(21-20-30-29-17-11-10-16-26(29)23-32(30)34)33(24-12-6-4-7-13-24)25-14-8-5-9-15-25;;;/h4-17,19-22H,18H2,1-3H3;2*1H;/q;;;+2/p-2. The molecule has 0 N–H and O–H groups in total. The van der Waals surface area contributed by atoms with Crippen LogP contribution in [0, 0.1) is 15.9 Å². The van der Waals surface area contributed by atoms with E-state index in [-0.39, 0.29) is 30.2 Å². The molecular formula is C35H29Cl2Zr. The number of allylic oxidation sites excluding steroid dienone is 4.